The summed E-state index contributed by atoms with van der Waals surface area (Å²) in [5, 5.41) is 4.95. The molecule has 2 N–H and O–H groups in total. The SMILES string of the molecule is C[C@@H](NC(=O)c1ccccc1)C(=O)OCC(=O)Nc1ccc(F)cc1. The molecule has 0 saturated heterocycles. The van der Waals surface area contributed by atoms with Crippen LogP contribution in [0.3, 0.4) is 0 Å². The van der Waals surface area contributed by atoms with Crippen molar-refractivity contribution in [3.8, 4) is 0 Å². The lowest BCUT2D eigenvalue weighted by atomic mass is 10.2. The van der Waals surface area contributed by atoms with Crippen molar-refractivity contribution < 1.29 is 23.5 Å². The Balaban J connectivity index is 1.78. The zero-order valence-electron chi connectivity index (χ0n) is 13.5. The first-order valence-corrected chi connectivity index (χ1v) is 7.53. The number of hydrogen-bond donors (Lipinski definition) is 2. The van der Waals surface area contributed by atoms with Gasteiger partial charge in [-0.1, -0.05) is 18.2 Å². The van der Waals surface area contributed by atoms with Gasteiger partial charge in [-0.3, -0.25) is 9.59 Å². The molecule has 2 amide bonds. The fraction of sp³-hybridized carbons (Fsp3) is 0.167. The monoisotopic (exact) mass is 344 g/mol. The van der Waals surface area contributed by atoms with Gasteiger partial charge < -0.3 is 15.4 Å². The van der Waals surface area contributed by atoms with Crippen LogP contribution in [0.2, 0.25) is 0 Å². The van der Waals surface area contributed by atoms with Gasteiger partial charge in [-0.15, -0.1) is 0 Å². The van der Waals surface area contributed by atoms with Crippen LogP contribution in [0.4, 0.5) is 10.1 Å². The average molecular weight is 344 g/mol. The van der Waals surface area contributed by atoms with Crippen LogP contribution in [0.25, 0.3) is 0 Å². The van der Waals surface area contributed by atoms with Crippen molar-refractivity contribution in [3.63, 3.8) is 0 Å². The summed E-state index contributed by atoms with van der Waals surface area (Å²) in [7, 11) is 0. The molecule has 0 aliphatic rings. The number of halogens is 1. The maximum atomic E-state index is 12.8. The van der Waals surface area contributed by atoms with Gasteiger partial charge in [0.1, 0.15) is 11.9 Å². The summed E-state index contributed by atoms with van der Waals surface area (Å²) in [6.45, 7) is 0.947. The van der Waals surface area contributed by atoms with E-state index < -0.39 is 36.2 Å². The molecule has 0 bridgehead atoms. The Morgan fingerprint density at radius 2 is 1.68 bits per heavy atom. The van der Waals surface area contributed by atoms with Gasteiger partial charge in [0.25, 0.3) is 11.8 Å². The van der Waals surface area contributed by atoms with E-state index in [1.165, 1.54) is 31.2 Å². The predicted octanol–water partition coefficient (Wildman–Crippen LogP) is 2.13. The first-order valence-electron chi connectivity index (χ1n) is 7.53. The van der Waals surface area contributed by atoms with Crippen LogP contribution in [-0.4, -0.2) is 30.4 Å². The van der Waals surface area contributed by atoms with Crippen molar-refractivity contribution in [2.24, 2.45) is 0 Å². The van der Waals surface area contributed by atoms with Crippen molar-refractivity contribution in [2.45, 2.75) is 13.0 Å². The first-order chi connectivity index (χ1) is 12.0. The highest BCUT2D eigenvalue weighted by Crippen LogP contribution is 2.08. The molecule has 0 unspecified atom stereocenters. The summed E-state index contributed by atoms with van der Waals surface area (Å²) in [6.07, 6.45) is 0. The van der Waals surface area contributed by atoms with E-state index >= 15 is 0 Å². The van der Waals surface area contributed by atoms with Crippen LogP contribution in [0.1, 0.15) is 17.3 Å². The number of rotatable bonds is 6. The minimum absolute atomic E-state index is 0.382. The van der Waals surface area contributed by atoms with Crippen LogP contribution >= 0.6 is 0 Å². The standard InChI is InChI=1S/C18H17FN2O4/c1-12(20-17(23)13-5-3-2-4-6-13)18(24)25-11-16(22)21-15-9-7-14(19)8-10-15/h2-10,12H,11H2,1H3,(H,20,23)(H,21,22)/t12-/m1/s1. The van der Waals surface area contributed by atoms with Gasteiger partial charge in [-0.05, 0) is 43.3 Å². The van der Waals surface area contributed by atoms with Gasteiger partial charge in [0.15, 0.2) is 6.61 Å². The number of hydrogen-bond acceptors (Lipinski definition) is 4. The summed E-state index contributed by atoms with van der Waals surface area (Å²) >= 11 is 0. The predicted molar refractivity (Wildman–Crippen MR) is 89.4 cm³/mol. The lowest BCUT2D eigenvalue weighted by Crippen LogP contribution is -2.40. The van der Waals surface area contributed by atoms with Crippen LogP contribution in [-0.2, 0) is 14.3 Å². The molecule has 0 heterocycles. The highest BCUT2D eigenvalue weighted by atomic mass is 19.1. The maximum absolute atomic E-state index is 12.8. The second-order valence-electron chi connectivity index (χ2n) is 5.22. The molecule has 2 aromatic carbocycles. The minimum atomic E-state index is -0.911. The average Bonchev–Trinajstić information content (AvgIpc) is 2.62. The van der Waals surface area contributed by atoms with Crippen LogP contribution < -0.4 is 10.6 Å². The smallest absolute Gasteiger partial charge is 0.328 e. The summed E-state index contributed by atoms with van der Waals surface area (Å²) in [5.41, 5.74) is 0.795. The second-order valence-corrected chi connectivity index (χ2v) is 5.22. The quantitative estimate of drug-likeness (QED) is 0.786. The van der Waals surface area contributed by atoms with Crippen molar-refractivity contribution in [2.75, 3.05) is 11.9 Å². The summed E-state index contributed by atoms with van der Waals surface area (Å²) < 4.78 is 17.6. The third-order valence-corrected chi connectivity index (χ3v) is 3.21. The number of benzene rings is 2. The molecule has 2 rings (SSSR count). The summed E-state index contributed by atoms with van der Waals surface area (Å²) in [5.74, 6) is -2.15. The van der Waals surface area contributed by atoms with Crippen LogP contribution in [0.15, 0.2) is 54.6 Å². The van der Waals surface area contributed by atoms with Gasteiger partial charge >= 0.3 is 5.97 Å². The molecule has 0 aliphatic heterocycles. The fourth-order valence-electron chi connectivity index (χ4n) is 1.92. The fourth-order valence-corrected chi connectivity index (χ4v) is 1.92. The maximum Gasteiger partial charge on any atom is 0.328 e. The Kier molecular flexibility index (Phi) is 6.22. The highest BCUT2D eigenvalue weighted by Gasteiger charge is 2.19. The normalized spacial score (nSPS) is 11.3. The molecule has 0 aromatic heterocycles. The second kappa shape index (κ2) is 8.58. The molecule has 25 heavy (non-hydrogen) atoms. The molecule has 0 fully saturated rings. The lowest BCUT2D eigenvalue weighted by molar-refractivity contribution is -0.148. The minimum Gasteiger partial charge on any atom is -0.454 e. The third kappa shape index (κ3) is 5.72. The van der Waals surface area contributed by atoms with E-state index in [4.69, 9.17) is 4.74 Å². The number of nitrogens with one attached hydrogen (secondary N) is 2. The molecule has 0 aliphatic carbocycles. The lowest BCUT2D eigenvalue weighted by Gasteiger charge is -2.13. The number of ether oxygens (including phenoxy) is 1. The number of amides is 2. The topological polar surface area (TPSA) is 84.5 Å². The molecule has 1 atom stereocenters. The molecular weight excluding hydrogens is 327 g/mol. The van der Waals surface area contributed by atoms with E-state index in [1.54, 1.807) is 30.3 Å². The number of carbonyl (C=O) groups is 3. The van der Waals surface area contributed by atoms with Crippen molar-refractivity contribution in [3.05, 3.63) is 66.0 Å². The number of carbonyl (C=O) groups excluding carboxylic acids is 3. The zero-order valence-corrected chi connectivity index (χ0v) is 13.5. The Bertz CT molecular complexity index is 747. The van der Waals surface area contributed by atoms with E-state index in [9.17, 15) is 18.8 Å². The van der Waals surface area contributed by atoms with E-state index in [-0.39, 0.29) is 0 Å². The number of esters is 1. The molecular formula is C18H17FN2O4. The van der Waals surface area contributed by atoms with E-state index in [0.717, 1.165) is 0 Å². The summed E-state index contributed by atoms with van der Waals surface area (Å²) in [4.78, 5) is 35.5. The van der Waals surface area contributed by atoms with E-state index in [1.807, 2.05) is 0 Å². The van der Waals surface area contributed by atoms with Crippen LogP contribution in [0.5, 0.6) is 0 Å². The molecule has 2 aromatic rings. The molecule has 6 nitrogen and oxygen atoms in total. The van der Waals surface area contributed by atoms with Gasteiger partial charge in [0, 0.05) is 11.3 Å². The van der Waals surface area contributed by atoms with Crippen LogP contribution in [0, 0.1) is 5.82 Å². The molecule has 0 radical (unpaired) electrons. The van der Waals surface area contributed by atoms with E-state index in [2.05, 4.69) is 10.6 Å². The first kappa shape index (κ1) is 18.1. The van der Waals surface area contributed by atoms with Gasteiger partial charge in [-0.25, -0.2) is 9.18 Å². The molecule has 7 heteroatoms. The van der Waals surface area contributed by atoms with Crippen molar-refractivity contribution in [1.82, 2.24) is 5.32 Å². The number of anilines is 1. The summed E-state index contributed by atoms with van der Waals surface area (Å²) in [6, 6.07) is 12.7. The molecule has 130 valence electrons. The van der Waals surface area contributed by atoms with Crippen molar-refractivity contribution in [1.29, 1.82) is 0 Å². The highest BCUT2D eigenvalue weighted by molar-refractivity contribution is 5.97. The molecule has 0 spiro atoms. The van der Waals surface area contributed by atoms with Gasteiger partial charge in [0.2, 0.25) is 0 Å². The van der Waals surface area contributed by atoms with Crippen molar-refractivity contribution >= 4 is 23.5 Å². The van der Waals surface area contributed by atoms with Gasteiger partial charge in [0.05, 0.1) is 0 Å². The third-order valence-electron chi connectivity index (χ3n) is 3.21. The Hall–Kier alpha value is -3.22. The largest absolute Gasteiger partial charge is 0.454 e. The van der Waals surface area contributed by atoms with E-state index in [0.29, 0.717) is 11.3 Å². The Labute approximate surface area is 144 Å². The van der Waals surface area contributed by atoms with Gasteiger partial charge in [-0.2, -0.15) is 0 Å². The Morgan fingerprint density at radius 1 is 1.04 bits per heavy atom. The zero-order chi connectivity index (χ0) is 18.2. The Morgan fingerprint density at radius 3 is 2.32 bits per heavy atom. The molecule has 0 saturated carbocycles.